The summed E-state index contributed by atoms with van der Waals surface area (Å²) >= 11 is 0. The van der Waals surface area contributed by atoms with Crippen molar-refractivity contribution in [3.63, 3.8) is 0 Å². The summed E-state index contributed by atoms with van der Waals surface area (Å²) in [6.07, 6.45) is 1.80. The summed E-state index contributed by atoms with van der Waals surface area (Å²) in [5.41, 5.74) is 0.600. The maximum absolute atomic E-state index is 11.8. The van der Waals surface area contributed by atoms with Crippen LogP contribution in [0.2, 0.25) is 0 Å². The first-order chi connectivity index (χ1) is 9.58. The van der Waals surface area contributed by atoms with Crippen LogP contribution in [0.1, 0.15) is 10.4 Å². The number of hydrogen-bond acceptors (Lipinski definition) is 5. The smallest absolute Gasteiger partial charge is 0.254 e. The Morgan fingerprint density at radius 3 is 2.80 bits per heavy atom. The number of likely N-dealkylation sites (N-methyl/N-ethyl adjacent to an activating group) is 1. The Morgan fingerprint density at radius 2 is 2.25 bits per heavy atom. The fourth-order valence-corrected chi connectivity index (χ4v) is 2.13. The molecular formula is C14H22N4O2. The van der Waals surface area contributed by atoms with E-state index in [-0.39, 0.29) is 12.0 Å². The van der Waals surface area contributed by atoms with Gasteiger partial charge in [0.15, 0.2) is 0 Å². The van der Waals surface area contributed by atoms with Crippen molar-refractivity contribution in [1.29, 1.82) is 0 Å². The molecule has 6 heteroatoms. The molecule has 110 valence electrons. The minimum Gasteiger partial charge on any atom is -0.374 e. The second-order valence-electron chi connectivity index (χ2n) is 5.18. The molecule has 20 heavy (non-hydrogen) atoms. The maximum Gasteiger partial charge on any atom is 0.254 e. The first-order valence-electron chi connectivity index (χ1n) is 6.79. The monoisotopic (exact) mass is 278 g/mol. The van der Waals surface area contributed by atoms with Crippen LogP contribution in [-0.2, 0) is 4.74 Å². The molecule has 1 fully saturated rings. The third-order valence-electron chi connectivity index (χ3n) is 3.27. The van der Waals surface area contributed by atoms with Gasteiger partial charge in [-0.2, -0.15) is 0 Å². The van der Waals surface area contributed by atoms with E-state index < -0.39 is 0 Å². The molecule has 6 nitrogen and oxygen atoms in total. The van der Waals surface area contributed by atoms with Crippen molar-refractivity contribution in [2.75, 3.05) is 52.3 Å². The van der Waals surface area contributed by atoms with Gasteiger partial charge in [0.1, 0.15) is 5.82 Å². The Balaban J connectivity index is 1.96. The first kappa shape index (κ1) is 14.7. The number of pyridine rings is 1. The molecule has 0 aliphatic carbocycles. The highest BCUT2D eigenvalue weighted by Gasteiger charge is 2.16. The lowest BCUT2D eigenvalue weighted by Crippen LogP contribution is -2.44. The van der Waals surface area contributed by atoms with Gasteiger partial charge in [-0.15, -0.1) is 0 Å². The Bertz CT molecular complexity index is 441. The number of morpholine rings is 1. The quantitative estimate of drug-likeness (QED) is 0.853. The van der Waals surface area contributed by atoms with Gasteiger partial charge in [-0.25, -0.2) is 4.98 Å². The molecule has 0 saturated carbocycles. The van der Waals surface area contributed by atoms with E-state index in [0.717, 1.165) is 32.1 Å². The Labute approximate surface area is 119 Å². The lowest BCUT2D eigenvalue weighted by molar-refractivity contribution is 0.0339. The molecule has 1 saturated heterocycles. The van der Waals surface area contributed by atoms with Gasteiger partial charge in [0.2, 0.25) is 0 Å². The van der Waals surface area contributed by atoms with Gasteiger partial charge in [0.05, 0.1) is 18.3 Å². The number of nitrogens with one attached hydrogen (secondary N) is 1. The number of anilines is 1. The van der Waals surface area contributed by atoms with E-state index in [0.29, 0.717) is 5.56 Å². The summed E-state index contributed by atoms with van der Waals surface area (Å²) in [5.74, 6) is 0.806. The fraction of sp³-hybridized carbons (Fsp3) is 0.571. The van der Waals surface area contributed by atoms with E-state index in [2.05, 4.69) is 10.3 Å². The van der Waals surface area contributed by atoms with Gasteiger partial charge < -0.3 is 19.9 Å². The van der Waals surface area contributed by atoms with Crippen LogP contribution in [-0.4, -0.2) is 69.3 Å². The third-order valence-corrected chi connectivity index (χ3v) is 3.27. The predicted octanol–water partition coefficient (Wildman–Crippen LogP) is 0.208. The number of hydrogen-bond donors (Lipinski definition) is 1. The Kier molecular flexibility index (Phi) is 4.92. The van der Waals surface area contributed by atoms with E-state index in [1.807, 2.05) is 18.0 Å². The lowest BCUT2D eigenvalue weighted by Gasteiger charge is -2.28. The molecule has 2 heterocycles. The van der Waals surface area contributed by atoms with Gasteiger partial charge in [0, 0.05) is 47.0 Å². The molecule has 1 amide bonds. The molecule has 2 rings (SSSR count). The van der Waals surface area contributed by atoms with Crippen LogP contribution in [0.3, 0.4) is 0 Å². The Hall–Kier alpha value is -1.66. The fourth-order valence-electron chi connectivity index (χ4n) is 2.13. The number of amides is 1. The largest absolute Gasteiger partial charge is 0.374 e. The molecule has 1 atom stereocenters. The molecule has 1 unspecified atom stereocenters. The van der Waals surface area contributed by atoms with Gasteiger partial charge in [-0.3, -0.25) is 4.79 Å². The number of ether oxygens (including phenoxy) is 1. The molecule has 0 bridgehead atoms. The highest BCUT2D eigenvalue weighted by atomic mass is 16.5. The van der Waals surface area contributed by atoms with Crippen LogP contribution in [0.25, 0.3) is 0 Å². The summed E-state index contributed by atoms with van der Waals surface area (Å²) in [4.78, 5) is 19.7. The van der Waals surface area contributed by atoms with Gasteiger partial charge >= 0.3 is 0 Å². The van der Waals surface area contributed by atoms with Crippen molar-refractivity contribution in [2.45, 2.75) is 6.10 Å². The molecule has 0 spiro atoms. The zero-order valence-electron chi connectivity index (χ0n) is 12.3. The zero-order valence-corrected chi connectivity index (χ0v) is 12.3. The van der Waals surface area contributed by atoms with E-state index in [1.165, 1.54) is 0 Å². The predicted molar refractivity (Wildman–Crippen MR) is 78.1 cm³/mol. The maximum atomic E-state index is 11.8. The number of carbonyl (C=O) groups is 1. The summed E-state index contributed by atoms with van der Waals surface area (Å²) in [5, 5.41) is 3.31. The topological polar surface area (TPSA) is 57.7 Å². The normalized spacial score (nSPS) is 18.6. The van der Waals surface area contributed by atoms with Gasteiger partial charge in [0.25, 0.3) is 5.91 Å². The molecule has 0 radical (unpaired) electrons. The SMILES string of the molecule is CN(C)C(=O)c1ccc(N(C)CC2CNCCO2)nc1. The van der Waals surface area contributed by atoms with Crippen molar-refractivity contribution < 1.29 is 9.53 Å². The third kappa shape index (κ3) is 3.68. The number of nitrogens with zero attached hydrogens (tertiary/aromatic N) is 3. The van der Waals surface area contributed by atoms with Crippen molar-refractivity contribution in [3.05, 3.63) is 23.9 Å². The molecule has 1 aliphatic heterocycles. The van der Waals surface area contributed by atoms with E-state index >= 15 is 0 Å². The van der Waals surface area contributed by atoms with Gasteiger partial charge in [-0.1, -0.05) is 0 Å². The average Bonchev–Trinajstić information content (AvgIpc) is 2.47. The van der Waals surface area contributed by atoms with E-state index in [4.69, 9.17) is 4.74 Å². The lowest BCUT2D eigenvalue weighted by atomic mass is 10.2. The van der Waals surface area contributed by atoms with Crippen LogP contribution >= 0.6 is 0 Å². The van der Waals surface area contributed by atoms with Crippen molar-refractivity contribution in [3.8, 4) is 0 Å². The van der Waals surface area contributed by atoms with Crippen molar-refractivity contribution in [1.82, 2.24) is 15.2 Å². The number of aromatic nitrogens is 1. The van der Waals surface area contributed by atoms with Crippen LogP contribution in [0.5, 0.6) is 0 Å². The van der Waals surface area contributed by atoms with Crippen LogP contribution in [0, 0.1) is 0 Å². The number of carbonyl (C=O) groups excluding carboxylic acids is 1. The van der Waals surface area contributed by atoms with Gasteiger partial charge in [-0.05, 0) is 12.1 Å². The zero-order chi connectivity index (χ0) is 14.5. The van der Waals surface area contributed by atoms with Crippen LogP contribution < -0.4 is 10.2 Å². The minimum absolute atomic E-state index is 0.0356. The van der Waals surface area contributed by atoms with Crippen molar-refractivity contribution in [2.24, 2.45) is 0 Å². The molecule has 0 aromatic carbocycles. The van der Waals surface area contributed by atoms with E-state index in [9.17, 15) is 4.79 Å². The van der Waals surface area contributed by atoms with Crippen LogP contribution in [0.15, 0.2) is 18.3 Å². The molecule has 1 aromatic rings. The standard InChI is InChI=1S/C14H22N4O2/c1-17(2)14(19)11-4-5-13(16-8-11)18(3)10-12-9-15-6-7-20-12/h4-5,8,12,15H,6-7,9-10H2,1-3H3. The highest BCUT2D eigenvalue weighted by Crippen LogP contribution is 2.12. The average molecular weight is 278 g/mol. The number of rotatable bonds is 4. The summed E-state index contributed by atoms with van der Waals surface area (Å²) in [6.45, 7) is 3.31. The Morgan fingerprint density at radius 1 is 1.45 bits per heavy atom. The molecular weight excluding hydrogens is 256 g/mol. The first-order valence-corrected chi connectivity index (χ1v) is 6.79. The second kappa shape index (κ2) is 6.67. The van der Waals surface area contributed by atoms with Crippen molar-refractivity contribution >= 4 is 11.7 Å². The molecule has 1 aliphatic rings. The minimum atomic E-state index is -0.0356. The highest BCUT2D eigenvalue weighted by molar-refractivity contribution is 5.93. The summed E-state index contributed by atoms with van der Waals surface area (Å²) in [6, 6.07) is 3.67. The summed E-state index contributed by atoms with van der Waals surface area (Å²) in [7, 11) is 5.44. The van der Waals surface area contributed by atoms with Crippen LogP contribution in [0.4, 0.5) is 5.82 Å². The van der Waals surface area contributed by atoms with E-state index in [1.54, 1.807) is 31.3 Å². The molecule has 1 N–H and O–H groups in total. The summed E-state index contributed by atoms with van der Waals surface area (Å²) < 4.78 is 5.67. The molecule has 1 aromatic heterocycles. The second-order valence-corrected chi connectivity index (χ2v) is 5.18.